The summed E-state index contributed by atoms with van der Waals surface area (Å²) < 4.78 is 13.7. The van der Waals surface area contributed by atoms with Gasteiger partial charge in [-0.1, -0.05) is 54.1 Å². The summed E-state index contributed by atoms with van der Waals surface area (Å²) in [7, 11) is 0. The van der Waals surface area contributed by atoms with Crippen molar-refractivity contribution in [1.29, 1.82) is 0 Å². The monoisotopic (exact) mass is 298 g/mol. The van der Waals surface area contributed by atoms with E-state index in [4.69, 9.17) is 11.6 Å². The molecule has 0 saturated carbocycles. The minimum absolute atomic E-state index is 0.280. The molecule has 0 unspecified atom stereocenters. The summed E-state index contributed by atoms with van der Waals surface area (Å²) in [6.07, 6.45) is 0. The third-order valence-corrected chi connectivity index (χ3v) is 3.39. The fourth-order valence-electron chi connectivity index (χ4n) is 2.04. The Labute approximate surface area is 127 Å². The summed E-state index contributed by atoms with van der Waals surface area (Å²) in [5.41, 5.74) is 2.85. The molecule has 0 aliphatic heterocycles. The van der Waals surface area contributed by atoms with E-state index in [0.29, 0.717) is 27.8 Å². The lowest BCUT2D eigenvalue weighted by atomic mass is 10.1. The summed E-state index contributed by atoms with van der Waals surface area (Å²) >= 11 is 6.08. The van der Waals surface area contributed by atoms with Gasteiger partial charge >= 0.3 is 0 Å². The Morgan fingerprint density at radius 2 is 1.67 bits per heavy atom. The van der Waals surface area contributed by atoms with Crippen LogP contribution in [-0.2, 0) is 0 Å². The van der Waals surface area contributed by atoms with Gasteiger partial charge in [0, 0.05) is 17.2 Å². The molecule has 104 valence electrons. The van der Waals surface area contributed by atoms with Crippen molar-refractivity contribution in [3.63, 3.8) is 0 Å². The van der Waals surface area contributed by atoms with Crippen molar-refractivity contribution < 1.29 is 4.39 Å². The standard InChI is InChI=1S/C17H12ClFN2/c1-11-7-8-13(9-14(11)19)17-20-15(10-16(18)21-17)12-5-3-2-4-6-12/h2-10H,1H3. The first kappa shape index (κ1) is 13.7. The fraction of sp³-hybridized carbons (Fsp3) is 0.0588. The summed E-state index contributed by atoms with van der Waals surface area (Å²) in [5.74, 6) is 0.137. The van der Waals surface area contributed by atoms with E-state index < -0.39 is 0 Å². The van der Waals surface area contributed by atoms with Crippen molar-refractivity contribution in [3.8, 4) is 22.6 Å². The maximum Gasteiger partial charge on any atom is 0.161 e. The van der Waals surface area contributed by atoms with Gasteiger partial charge in [0.1, 0.15) is 11.0 Å². The highest BCUT2D eigenvalue weighted by Gasteiger charge is 2.09. The van der Waals surface area contributed by atoms with Gasteiger partial charge in [0.05, 0.1) is 5.69 Å². The third kappa shape index (κ3) is 2.93. The maximum absolute atomic E-state index is 13.7. The molecular formula is C17H12ClFN2. The lowest BCUT2D eigenvalue weighted by Crippen LogP contribution is -1.94. The lowest BCUT2D eigenvalue weighted by molar-refractivity contribution is 0.619. The first-order valence-corrected chi connectivity index (χ1v) is 6.88. The molecule has 2 aromatic carbocycles. The van der Waals surface area contributed by atoms with Crippen LogP contribution in [0.2, 0.25) is 5.15 Å². The van der Waals surface area contributed by atoms with Crippen molar-refractivity contribution in [1.82, 2.24) is 9.97 Å². The van der Waals surface area contributed by atoms with Crippen molar-refractivity contribution in [2.45, 2.75) is 6.92 Å². The van der Waals surface area contributed by atoms with Crippen LogP contribution in [-0.4, -0.2) is 9.97 Å². The highest BCUT2D eigenvalue weighted by atomic mass is 35.5. The molecule has 3 rings (SSSR count). The Morgan fingerprint density at radius 3 is 2.38 bits per heavy atom. The summed E-state index contributed by atoms with van der Waals surface area (Å²) in [5, 5.41) is 0.333. The lowest BCUT2D eigenvalue weighted by Gasteiger charge is -2.06. The van der Waals surface area contributed by atoms with Crippen LogP contribution in [0.5, 0.6) is 0 Å². The zero-order chi connectivity index (χ0) is 14.8. The number of rotatable bonds is 2. The van der Waals surface area contributed by atoms with Crippen LogP contribution in [0, 0.1) is 12.7 Å². The average Bonchev–Trinajstić information content (AvgIpc) is 2.50. The Morgan fingerprint density at radius 1 is 0.905 bits per heavy atom. The minimum Gasteiger partial charge on any atom is -0.228 e. The molecule has 0 spiro atoms. The van der Waals surface area contributed by atoms with Crippen LogP contribution < -0.4 is 0 Å². The Hall–Kier alpha value is -2.26. The van der Waals surface area contributed by atoms with Gasteiger partial charge in [0.2, 0.25) is 0 Å². The van der Waals surface area contributed by atoms with Gasteiger partial charge in [-0.05, 0) is 18.6 Å². The molecule has 4 heteroatoms. The van der Waals surface area contributed by atoms with E-state index in [0.717, 1.165) is 5.56 Å². The van der Waals surface area contributed by atoms with Crippen LogP contribution in [0.25, 0.3) is 22.6 Å². The van der Waals surface area contributed by atoms with Crippen molar-refractivity contribution in [3.05, 3.63) is 71.1 Å². The molecule has 0 N–H and O–H groups in total. The molecule has 0 saturated heterocycles. The van der Waals surface area contributed by atoms with Gasteiger partial charge in [0.25, 0.3) is 0 Å². The molecule has 0 fully saturated rings. The quantitative estimate of drug-likeness (QED) is 0.628. The molecule has 2 nitrogen and oxygen atoms in total. The molecule has 0 amide bonds. The van der Waals surface area contributed by atoms with E-state index in [1.54, 1.807) is 25.1 Å². The predicted octanol–water partition coefficient (Wildman–Crippen LogP) is 4.91. The zero-order valence-corrected chi connectivity index (χ0v) is 12.1. The van der Waals surface area contributed by atoms with E-state index in [-0.39, 0.29) is 5.82 Å². The topological polar surface area (TPSA) is 25.8 Å². The summed E-state index contributed by atoms with van der Waals surface area (Å²) in [6.45, 7) is 1.72. The molecule has 21 heavy (non-hydrogen) atoms. The number of nitrogens with zero attached hydrogens (tertiary/aromatic N) is 2. The minimum atomic E-state index is -0.280. The summed E-state index contributed by atoms with van der Waals surface area (Å²) in [4.78, 5) is 8.67. The van der Waals surface area contributed by atoms with Crippen molar-refractivity contribution >= 4 is 11.6 Å². The maximum atomic E-state index is 13.7. The van der Waals surface area contributed by atoms with E-state index in [1.807, 2.05) is 30.3 Å². The van der Waals surface area contributed by atoms with Crippen LogP contribution >= 0.6 is 11.6 Å². The molecular weight excluding hydrogens is 287 g/mol. The largest absolute Gasteiger partial charge is 0.228 e. The second-order valence-electron chi connectivity index (χ2n) is 4.73. The highest BCUT2D eigenvalue weighted by molar-refractivity contribution is 6.29. The third-order valence-electron chi connectivity index (χ3n) is 3.19. The molecule has 1 heterocycles. The van der Waals surface area contributed by atoms with Crippen LogP contribution in [0.3, 0.4) is 0 Å². The van der Waals surface area contributed by atoms with Gasteiger partial charge in [-0.15, -0.1) is 0 Å². The van der Waals surface area contributed by atoms with E-state index in [2.05, 4.69) is 9.97 Å². The molecule has 0 radical (unpaired) electrons. The van der Waals surface area contributed by atoms with Crippen molar-refractivity contribution in [2.75, 3.05) is 0 Å². The van der Waals surface area contributed by atoms with Crippen LogP contribution in [0.4, 0.5) is 4.39 Å². The highest BCUT2D eigenvalue weighted by Crippen LogP contribution is 2.25. The van der Waals surface area contributed by atoms with E-state index in [1.165, 1.54) is 6.07 Å². The van der Waals surface area contributed by atoms with Gasteiger partial charge < -0.3 is 0 Å². The molecule has 0 aliphatic rings. The smallest absolute Gasteiger partial charge is 0.161 e. The van der Waals surface area contributed by atoms with Crippen molar-refractivity contribution in [2.24, 2.45) is 0 Å². The number of aryl methyl sites for hydroxylation is 1. The second-order valence-corrected chi connectivity index (χ2v) is 5.12. The zero-order valence-electron chi connectivity index (χ0n) is 11.3. The average molecular weight is 299 g/mol. The predicted molar refractivity (Wildman–Crippen MR) is 82.6 cm³/mol. The number of hydrogen-bond acceptors (Lipinski definition) is 2. The summed E-state index contributed by atoms with van der Waals surface area (Å²) in [6, 6.07) is 16.3. The fourth-order valence-corrected chi connectivity index (χ4v) is 2.22. The number of halogens is 2. The normalized spacial score (nSPS) is 10.6. The first-order valence-electron chi connectivity index (χ1n) is 6.50. The molecule has 0 atom stereocenters. The molecule has 0 bridgehead atoms. The molecule has 1 aromatic heterocycles. The van der Waals surface area contributed by atoms with Gasteiger partial charge in [0.15, 0.2) is 5.82 Å². The first-order chi connectivity index (χ1) is 10.1. The van der Waals surface area contributed by atoms with Crippen LogP contribution in [0.1, 0.15) is 5.56 Å². The number of benzene rings is 2. The SMILES string of the molecule is Cc1ccc(-c2nc(Cl)cc(-c3ccccc3)n2)cc1F. The Kier molecular flexibility index (Phi) is 3.67. The molecule has 0 aliphatic carbocycles. The van der Waals surface area contributed by atoms with E-state index >= 15 is 0 Å². The van der Waals surface area contributed by atoms with Gasteiger partial charge in [-0.2, -0.15) is 0 Å². The second kappa shape index (κ2) is 5.62. The number of aromatic nitrogens is 2. The molecule has 3 aromatic rings. The Bertz CT molecular complexity index is 788. The van der Waals surface area contributed by atoms with Gasteiger partial charge in [-0.3, -0.25) is 0 Å². The van der Waals surface area contributed by atoms with Gasteiger partial charge in [-0.25, -0.2) is 14.4 Å². The number of hydrogen-bond donors (Lipinski definition) is 0. The van der Waals surface area contributed by atoms with Crippen LogP contribution in [0.15, 0.2) is 54.6 Å². The Balaban J connectivity index is 2.11. The van der Waals surface area contributed by atoms with E-state index in [9.17, 15) is 4.39 Å².